The molecule has 0 saturated carbocycles. The Bertz CT molecular complexity index is 1040. The van der Waals surface area contributed by atoms with Crippen LogP contribution in [0.1, 0.15) is 69.5 Å². The molecule has 0 amide bonds. The lowest BCUT2D eigenvalue weighted by atomic mass is 10.1. The average Bonchev–Trinajstić information content (AvgIpc) is 3.44. The SMILES string of the molecule is CC(C)c1cc(CNc2nc(Nc3cc(C(C)C)[nH]n3)cc(OC3CCN(C)CC3)n2)on1. The second-order valence-electron chi connectivity index (χ2n) is 9.25. The van der Waals surface area contributed by atoms with Gasteiger partial charge in [-0.15, -0.1) is 0 Å². The summed E-state index contributed by atoms with van der Waals surface area (Å²) in [4.78, 5) is 11.5. The molecule has 3 aromatic rings. The molecule has 1 fully saturated rings. The topological polar surface area (TPSA) is 117 Å². The van der Waals surface area contributed by atoms with Crippen LogP contribution >= 0.6 is 0 Å². The van der Waals surface area contributed by atoms with Crippen LogP contribution in [0.15, 0.2) is 22.7 Å². The van der Waals surface area contributed by atoms with Crippen LogP contribution in [0, 0.1) is 0 Å². The predicted octanol–water partition coefficient (Wildman–Crippen LogP) is 4.26. The number of aromatic amines is 1. The fourth-order valence-corrected chi connectivity index (χ4v) is 3.58. The second kappa shape index (κ2) is 10.2. The van der Waals surface area contributed by atoms with Gasteiger partial charge in [0.25, 0.3) is 0 Å². The summed E-state index contributed by atoms with van der Waals surface area (Å²) in [6.07, 6.45) is 2.08. The van der Waals surface area contributed by atoms with Crippen LogP contribution in [0.5, 0.6) is 5.88 Å². The minimum atomic E-state index is 0.137. The summed E-state index contributed by atoms with van der Waals surface area (Å²) in [5, 5.41) is 18.0. The van der Waals surface area contributed by atoms with Crippen LogP contribution in [0.2, 0.25) is 0 Å². The number of hydrogen-bond acceptors (Lipinski definition) is 9. The first-order valence-corrected chi connectivity index (χ1v) is 11.6. The highest BCUT2D eigenvalue weighted by Crippen LogP contribution is 2.24. The molecular formula is C23H34N8O2. The molecule has 0 aliphatic carbocycles. The van der Waals surface area contributed by atoms with Crippen LogP contribution < -0.4 is 15.4 Å². The maximum absolute atomic E-state index is 6.23. The number of piperidine rings is 1. The molecular weight excluding hydrogens is 420 g/mol. The highest BCUT2D eigenvalue weighted by atomic mass is 16.5. The molecule has 4 rings (SSSR count). The molecule has 1 aliphatic heterocycles. The fraction of sp³-hybridized carbons (Fsp3) is 0.565. The summed E-state index contributed by atoms with van der Waals surface area (Å²) in [7, 11) is 2.13. The number of nitrogens with one attached hydrogen (secondary N) is 3. The molecule has 1 saturated heterocycles. The lowest BCUT2D eigenvalue weighted by Crippen LogP contribution is -2.35. The molecule has 3 aromatic heterocycles. The Morgan fingerprint density at radius 2 is 1.88 bits per heavy atom. The van der Waals surface area contributed by atoms with Crippen molar-refractivity contribution in [2.24, 2.45) is 0 Å². The molecule has 4 heterocycles. The highest BCUT2D eigenvalue weighted by molar-refractivity contribution is 5.55. The van der Waals surface area contributed by atoms with Gasteiger partial charge in [-0.25, -0.2) is 0 Å². The molecule has 33 heavy (non-hydrogen) atoms. The quantitative estimate of drug-likeness (QED) is 0.436. The normalized spacial score (nSPS) is 15.4. The molecule has 178 valence electrons. The summed E-state index contributed by atoms with van der Waals surface area (Å²) < 4.78 is 11.7. The molecule has 0 bridgehead atoms. The van der Waals surface area contributed by atoms with E-state index in [-0.39, 0.29) is 6.10 Å². The Labute approximate surface area is 194 Å². The number of ether oxygens (including phenoxy) is 1. The summed E-state index contributed by atoms with van der Waals surface area (Å²) in [6, 6.07) is 5.75. The largest absolute Gasteiger partial charge is 0.474 e. The van der Waals surface area contributed by atoms with Gasteiger partial charge in [0.1, 0.15) is 11.9 Å². The third kappa shape index (κ3) is 6.22. The molecule has 0 aromatic carbocycles. The lowest BCUT2D eigenvalue weighted by Gasteiger charge is -2.29. The third-order valence-electron chi connectivity index (χ3n) is 5.72. The molecule has 0 atom stereocenters. The Morgan fingerprint density at radius 3 is 2.55 bits per heavy atom. The van der Waals surface area contributed by atoms with E-state index < -0.39 is 0 Å². The van der Waals surface area contributed by atoms with Crippen molar-refractivity contribution >= 4 is 17.6 Å². The van der Waals surface area contributed by atoms with Crippen molar-refractivity contribution in [1.82, 2.24) is 30.2 Å². The summed E-state index contributed by atoms with van der Waals surface area (Å²) in [5.74, 6) is 3.69. The molecule has 1 aliphatic rings. The number of hydrogen-bond donors (Lipinski definition) is 3. The molecule has 3 N–H and O–H groups in total. The minimum absolute atomic E-state index is 0.137. The van der Waals surface area contributed by atoms with Gasteiger partial charge in [0.2, 0.25) is 11.8 Å². The smallest absolute Gasteiger partial charge is 0.228 e. The first-order valence-electron chi connectivity index (χ1n) is 11.6. The van der Waals surface area contributed by atoms with E-state index in [1.54, 1.807) is 0 Å². The number of aromatic nitrogens is 5. The van der Waals surface area contributed by atoms with Gasteiger partial charge < -0.3 is 24.8 Å². The maximum Gasteiger partial charge on any atom is 0.228 e. The number of likely N-dealkylation sites (tertiary alicyclic amines) is 1. The summed E-state index contributed by atoms with van der Waals surface area (Å²) >= 11 is 0. The number of nitrogens with zero attached hydrogens (tertiary/aromatic N) is 5. The van der Waals surface area contributed by atoms with E-state index in [0.29, 0.717) is 41.8 Å². The standard InChI is InChI=1S/C23H34N8O2/c1-14(2)18-11-21(29-28-18)25-20-12-22(32-16-6-8-31(5)9-7-16)27-23(26-20)24-13-17-10-19(15(3)4)30-33-17/h10-12,14-16H,6-9,13H2,1-5H3,(H3,24,25,26,27,28,29). The first kappa shape index (κ1) is 23.0. The number of anilines is 3. The summed E-state index contributed by atoms with van der Waals surface area (Å²) in [5.41, 5.74) is 1.98. The average molecular weight is 455 g/mol. The van der Waals surface area contributed by atoms with Crippen molar-refractivity contribution < 1.29 is 9.26 Å². The van der Waals surface area contributed by atoms with Crippen molar-refractivity contribution in [2.75, 3.05) is 30.8 Å². The van der Waals surface area contributed by atoms with Crippen LogP contribution in [0.3, 0.4) is 0 Å². The predicted molar refractivity (Wildman–Crippen MR) is 127 cm³/mol. The highest BCUT2D eigenvalue weighted by Gasteiger charge is 2.20. The number of rotatable bonds is 9. The van der Waals surface area contributed by atoms with E-state index in [2.05, 4.69) is 75.6 Å². The van der Waals surface area contributed by atoms with E-state index in [0.717, 1.165) is 43.1 Å². The van der Waals surface area contributed by atoms with E-state index in [1.807, 2.05) is 18.2 Å². The lowest BCUT2D eigenvalue weighted by molar-refractivity contribution is 0.110. The van der Waals surface area contributed by atoms with E-state index >= 15 is 0 Å². The molecule has 0 radical (unpaired) electrons. The maximum atomic E-state index is 6.23. The van der Waals surface area contributed by atoms with Crippen LogP contribution in [0.25, 0.3) is 0 Å². The Balaban J connectivity index is 1.50. The van der Waals surface area contributed by atoms with Crippen LogP contribution in [0.4, 0.5) is 17.6 Å². The van der Waals surface area contributed by atoms with E-state index in [9.17, 15) is 0 Å². The van der Waals surface area contributed by atoms with Gasteiger partial charge in [-0.05, 0) is 31.7 Å². The molecule has 10 nitrogen and oxygen atoms in total. The van der Waals surface area contributed by atoms with Gasteiger partial charge in [0.05, 0.1) is 12.2 Å². The Morgan fingerprint density at radius 1 is 1.09 bits per heavy atom. The van der Waals surface area contributed by atoms with Gasteiger partial charge in [-0.2, -0.15) is 15.1 Å². The Kier molecular flexibility index (Phi) is 7.12. The van der Waals surface area contributed by atoms with Gasteiger partial charge in [-0.3, -0.25) is 5.10 Å². The van der Waals surface area contributed by atoms with Gasteiger partial charge in [-0.1, -0.05) is 32.9 Å². The van der Waals surface area contributed by atoms with Gasteiger partial charge in [0.15, 0.2) is 11.6 Å². The monoisotopic (exact) mass is 454 g/mol. The minimum Gasteiger partial charge on any atom is -0.474 e. The summed E-state index contributed by atoms with van der Waals surface area (Å²) in [6.45, 7) is 10.9. The van der Waals surface area contributed by atoms with Crippen molar-refractivity contribution in [1.29, 1.82) is 0 Å². The molecule has 0 unspecified atom stereocenters. The molecule has 0 spiro atoms. The van der Waals surface area contributed by atoms with Crippen LogP contribution in [-0.4, -0.2) is 56.5 Å². The zero-order chi connectivity index (χ0) is 23.4. The van der Waals surface area contributed by atoms with Crippen molar-refractivity contribution in [3.63, 3.8) is 0 Å². The van der Waals surface area contributed by atoms with Gasteiger partial charge >= 0.3 is 0 Å². The van der Waals surface area contributed by atoms with E-state index in [4.69, 9.17) is 9.26 Å². The van der Waals surface area contributed by atoms with Crippen LogP contribution in [-0.2, 0) is 6.54 Å². The van der Waals surface area contributed by atoms with Crippen molar-refractivity contribution in [3.05, 3.63) is 35.3 Å². The van der Waals surface area contributed by atoms with Gasteiger partial charge in [0, 0.05) is 37.0 Å². The zero-order valence-electron chi connectivity index (χ0n) is 20.1. The van der Waals surface area contributed by atoms with Crippen molar-refractivity contribution in [3.8, 4) is 5.88 Å². The first-order chi connectivity index (χ1) is 15.9. The zero-order valence-corrected chi connectivity index (χ0v) is 20.1. The third-order valence-corrected chi connectivity index (χ3v) is 5.72. The Hall–Kier alpha value is -3.14. The van der Waals surface area contributed by atoms with Crippen molar-refractivity contribution in [2.45, 2.75) is 65.0 Å². The number of H-pyrrole nitrogens is 1. The second-order valence-corrected chi connectivity index (χ2v) is 9.25. The fourth-order valence-electron chi connectivity index (χ4n) is 3.58. The van der Waals surface area contributed by atoms with E-state index in [1.165, 1.54) is 0 Å². The molecule has 10 heteroatoms.